The topological polar surface area (TPSA) is 95.9 Å². The standard InChI is InChI=1S/C19H17ClN2O5S/c1-2-27-13-6-4-12(5-7-13)22-18(25)16(28-19(22)26)10-17(24)21-14-9-11(20)3-8-15(14)23/h3-9,16,23H,2,10H2,1H3,(H,21,24). The predicted molar refractivity (Wildman–Crippen MR) is 108 cm³/mol. The molecule has 1 unspecified atom stereocenters. The van der Waals surface area contributed by atoms with Crippen LogP contribution in [0.2, 0.25) is 5.02 Å². The van der Waals surface area contributed by atoms with Crippen LogP contribution in [0.5, 0.6) is 11.5 Å². The van der Waals surface area contributed by atoms with Gasteiger partial charge < -0.3 is 15.2 Å². The first-order valence-electron chi connectivity index (χ1n) is 8.45. The van der Waals surface area contributed by atoms with Crippen molar-refractivity contribution in [3.63, 3.8) is 0 Å². The minimum absolute atomic E-state index is 0.141. The zero-order valence-corrected chi connectivity index (χ0v) is 16.4. The molecule has 0 bridgehead atoms. The normalized spacial score (nSPS) is 16.4. The van der Waals surface area contributed by atoms with Gasteiger partial charge in [-0.25, -0.2) is 4.90 Å². The largest absolute Gasteiger partial charge is 0.506 e. The first-order valence-corrected chi connectivity index (χ1v) is 9.70. The molecule has 0 saturated carbocycles. The van der Waals surface area contributed by atoms with Crippen molar-refractivity contribution in [1.29, 1.82) is 0 Å². The lowest BCUT2D eigenvalue weighted by atomic mass is 10.2. The molecule has 2 aromatic carbocycles. The third-order valence-electron chi connectivity index (χ3n) is 3.93. The van der Waals surface area contributed by atoms with E-state index in [1.165, 1.54) is 18.2 Å². The molecule has 28 heavy (non-hydrogen) atoms. The molecule has 1 heterocycles. The number of hydrogen-bond acceptors (Lipinski definition) is 6. The zero-order chi connectivity index (χ0) is 20.3. The van der Waals surface area contributed by atoms with E-state index in [4.69, 9.17) is 16.3 Å². The van der Waals surface area contributed by atoms with Gasteiger partial charge in [0.05, 0.1) is 18.0 Å². The Morgan fingerprint density at radius 1 is 1.25 bits per heavy atom. The first kappa shape index (κ1) is 20.0. The number of imide groups is 1. The lowest BCUT2D eigenvalue weighted by Crippen LogP contribution is -2.32. The van der Waals surface area contributed by atoms with Crippen LogP contribution in [0.3, 0.4) is 0 Å². The molecular formula is C19H17ClN2O5S. The molecule has 1 saturated heterocycles. The molecule has 0 aromatic heterocycles. The summed E-state index contributed by atoms with van der Waals surface area (Å²) in [5, 5.41) is 11.3. The van der Waals surface area contributed by atoms with Gasteiger partial charge in [0.1, 0.15) is 16.7 Å². The minimum atomic E-state index is -0.847. The molecule has 1 fully saturated rings. The van der Waals surface area contributed by atoms with E-state index in [1.807, 2.05) is 6.92 Å². The van der Waals surface area contributed by atoms with Crippen molar-refractivity contribution in [1.82, 2.24) is 0 Å². The third-order valence-corrected chi connectivity index (χ3v) is 5.20. The lowest BCUT2D eigenvalue weighted by molar-refractivity contribution is -0.121. The third kappa shape index (κ3) is 4.40. The number of carbonyl (C=O) groups excluding carboxylic acids is 3. The second kappa shape index (κ2) is 8.53. The van der Waals surface area contributed by atoms with Gasteiger partial charge in [0.25, 0.3) is 5.24 Å². The Morgan fingerprint density at radius 2 is 1.96 bits per heavy atom. The number of carbonyl (C=O) groups is 3. The summed E-state index contributed by atoms with van der Waals surface area (Å²) in [6, 6.07) is 10.8. The number of halogens is 1. The molecule has 0 spiro atoms. The second-order valence-corrected chi connectivity index (χ2v) is 7.48. The van der Waals surface area contributed by atoms with Crippen molar-refractivity contribution in [2.75, 3.05) is 16.8 Å². The van der Waals surface area contributed by atoms with Crippen LogP contribution in [0.15, 0.2) is 42.5 Å². The van der Waals surface area contributed by atoms with Crippen molar-refractivity contribution < 1.29 is 24.2 Å². The van der Waals surface area contributed by atoms with Gasteiger partial charge >= 0.3 is 0 Å². The van der Waals surface area contributed by atoms with Crippen molar-refractivity contribution in [2.24, 2.45) is 0 Å². The van der Waals surface area contributed by atoms with Crippen LogP contribution in [0.4, 0.5) is 16.2 Å². The molecule has 146 valence electrons. The van der Waals surface area contributed by atoms with Crippen LogP contribution in [-0.2, 0) is 9.59 Å². The van der Waals surface area contributed by atoms with Gasteiger partial charge in [-0.15, -0.1) is 0 Å². The molecule has 0 radical (unpaired) electrons. The van der Waals surface area contributed by atoms with Crippen molar-refractivity contribution in [3.05, 3.63) is 47.5 Å². The Kier molecular flexibility index (Phi) is 6.11. The number of amides is 3. The predicted octanol–water partition coefficient (Wildman–Crippen LogP) is 4.04. The highest BCUT2D eigenvalue weighted by molar-refractivity contribution is 8.15. The number of rotatable bonds is 6. The molecule has 9 heteroatoms. The number of nitrogens with one attached hydrogen (secondary N) is 1. The zero-order valence-electron chi connectivity index (χ0n) is 14.8. The summed E-state index contributed by atoms with van der Waals surface area (Å²) < 4.78 is 5.35. The number of hydrogen-bond donors (Lipinski definition) is 2. The summed E-state index contributed by atoms with van der Waals surface area (Å²) in [7, 11) is 0. The fraction of sp³-hybridized carbons (Fsp3) is 0.211. The van der Waals surface area contributed by atoms with E-state index in [0.717, 1.165) is 16.7 Å². The van der Waals surface area contributed by atoms with E-state index in [2.05, 4.69) is 5.32 Å². The summed E-state index contributed by atoms with van der Waals surface area (Å²) in [4.78, 5) is 38.2. The van der Waals surface area contributed by atoms with Gasteiger partial charge in [-0.3, -0.25) is 14.4 Å². The fourth-order valence-electron chi connectivity index (χ4n) is 2.66. The van der Waals surface area contributed by atoms with Crippen LogP contribution in [-0.4, -0.2) is 34.0 Å². The Morgan fingerprint density at radius 3 is 2.64 bits per heavy atom. The highest BCUT2D eigenvalue weighted by atomic mass is 35.5. The van der Waals surface area contributed by atoms with Gasteiger partial charge in [-0.2, -0.15) is 0 Å². The molecular weight excluding hydrogens is 404 g/mol. The van der Waals surface area contributed by atoms with E-state index in [-0.39, 0.29) is 17.9 Å². The SMILES string of the molecule is CCOc1ccc(N2C(=O)SC(CC(=O)Nc3cc(Cl)ccc3O)C2=O)cc1. The summed E-state index contributed by atoms with van der Waals surface area (Å²) in [5.74, 6) is -0.486. The average Bonchev–Trinajstić information content (AvgIpc) is 2.92. The molecule has 1 aliphatic rings. The smallest absolute Gasteiger partial charge is 0.293 e. The average molecular weight is 421 g/mol. The maximum absolute atomic E-state index is 12.6. The first-order chi connectivity index (χ1) is 13.4. The van der Waals surface area contributed by atoms with Crippen LogP contribution < -0.4 is 15.0 Å². The molecule has 2 N–H and O–H groups in total. The van der Waals surface area contributed by atoms with Crippen molar-refractivity contribution in [3.8, 4) is 11.5 Å². The van der Waals surface area contributed by atoms with Gasteiger partial charge in [0.2, 0.25) is 11.8 Å². The Bertz CT molecular complexity index is 919. The maximum atomic E-state index is 12.6. The summed E-state index contributed by atoms with van der Waals surface area (Å²) in [6.07, 6.45) is -0.214. The number of thioether (sulfide) groups is 1. The molecule has 3 rings (SSSR count). The molecule has 0 aliphatic carbocycles. The monoisotopic (exact) mass is 420 g/mol. The number of nitrogens with zero attached hydrogens (tertiary/aromatic N) is 1. The van der Waals surface area contributed by atoms with Gasteiger partial charge in [0, 0.05) is 11.4 Å². The highest BCUT2D eigenvalue weighted by Crippen LogP contribution is 2.34. The summed E-state index contributed by atoms with van der Waals surface area (Å²) >= 11 is 6.64. The van der Waals surface area contributed by atoms with E-state index in [0.29, 0.717) is 23.1 Å². The summed E-state index contributed by atoms with van der Waals surface area (Å²) in [5.41, 5.74) is 0.559. The number of anilines is 2. The van der Waals surface area contributed by atoms with E-state index in [1.54, 1.807) is 24.3 Å². The van der Waals surface area contributed by atoms with E-state index >= 15 is 0 Å². The van der Waals surface area contributed by atoms with Crippen LogP contribution >= 0.6 is 23.4 Å². The number of phenolic OH excluding ortho intramolecular Hbond substituents is 1. The fourth-order valence-corrected chi connectivity index (χ4v) is 3.81. The van der Waals surface area contributed by atoms with Gasteiger partial charge in [-0.05, 0) is 61.2 Å². The van der Waals surface area contributed by atoms with Crippen LogP contribution in [0, 0.1) is 0 Å². The second-order valence-electron chi connectivity index (χ2n) is 5.89. The lowest BCUT2D eigenvalue weighted by Gasteiger charge is -2.14. The molecule has 3 amide bonds. The number of aromatic hydroxyl groups is 1. The Balaban J connectivity index is 1.67. The van der Waals surface area contributed by atoms with E-state index < -0.39 is 22.3 Å². The Hall–Kier alpha value is -2.71. The molecule has 1 atom stereocenters. The Labute approximate surface area is 170 Å². The quantitative estimate of drug-likeness (QED) is 0.684. The number of benzene rings is 2. The van der Waals surface area contributed by atoms with Crippen LogP contribution in [0.25, 0.3) is 0 Å². The molecule has 2 aromatic rings. The molecule has 7 nitrogen and oxygen atoms in total. The highest BCUT2D eigenvalue weighted by Gasteiger charge is 2.41. The van der Waals surface area contributed by atoms with Gasteiger partial charge in [-0.1, -0.05) is 11.6 Å². The number of phenols is 1. The molecule has 1 aliphatic heterocycles. The van der Waals surface area contributed by atoms with Crippen LogP contribution in [0.1, 0.15) is 13.3 Å². The summed E-state index contributed by atoms with van der Waals surface area (Å²) in [6.45, 7) is 2.37. The number of ether oxygens (including phenoxy) is 1. The van der Waals surface area contributed by atoms with Crippen molar-refractivity contribution in [2.45, 2.75) is 18.6 Å². The minimum Gasteiger partial charge on any atom is -0.506 e. The van der Waals surface area contributed by atoms with Crippen molar-refractivity contribution >= 4 is 51.8 Å². The van der Waals surface area contributed by atoms with Gasteiger partial charge in [0.15, 0.2) is 0 Å². The van der Waals surface area contributed by atoms with E-state index in [9.17, 15) is 19.5 Å². The maximum Gasteiger partial charge on any atom is 0.293 e.